The zero-order valence-electron chi connectivity index (χ0n) is 11.4. The topological polar surface area (TPSA) is 61.2 Å². The molecular formula is C14H18N2O3S. The fraction of sp³-hybridized carbons (Fsp3) is 0.500. The fourth-order valence-electron chi connectivity index (χ4n) is 2.67. The molecule has 2 heterocycles. The van der Waals surface area contributed by atoms with Crippen LogP contribution in [0.1, 0.15) is 18.7 Å². The van der Waals surface area contributed by atoms with Crippen LogP contribution in [0, 0.1) is 0 Å². The van der Waals surface area contributed by atoms with Crippen molar-refractivity contribution < 1.29 is 13.2 Å². The SMILES string of the molecule is CS(=O)(=O)Cc1nc2ccccc2n1CC1CCCO1. The Labute approximate surface area is 118 Å². The number of nitrogens with zero attached hydrogens (tertiary/aromatic N) is 2. The molecule has 1 aromatic carbocycles. The minimum atomic E-state index is -3.11. The monoisotopic (exact) mass is 294 g/mol. The van der Waals surface area contributed by atoms with Gasteiger partial charge in [-0.15, -0.1) is 0 Å². The second kappa shape index (κ2) is 5.18. The summed E-state index contributed by atoms with van der Waals surface area (Å²) < 4.78 is 30.8. The van der Waals surface area contributed by atoms with E-state index in [0.717, 1.165) is 30.5 Å². The van der Waals surface area contributed by atoms with Gasteiger partial charge in [-0.2, -0.15) is 0 Å². The van der Waals surface area contributed by atoms with Gasteiger partial charge in [-0.3, -0.25) is 0 Å². The molecule has 0 radical (unpaired) electrons. The van der Waals surface area contributed by atoms with E-state index in [0.29, 0.717) is 12.4 Å². The van der Waals surface area contributed by atoms with Gasteiger partial charge in [0.25, 0.3) is 0 Å². The number of hydrogen-bond acceptors (Lipinski definition) is 4. The molecule has 2 aromatic rings. The Kier molecular flexibility index (Phi) is 3.52. The number of para-hydroxylation sites is 2. The molecule has 0 N–H and O–H groups in total. The third kappa shape index (κ3) is 2.86. The van der Waals surface area contributed by atoms with Crippen molar-refractivity contribution in [1.29, 1.82) is 0 Å². The van der Waals surface area contributed by atoms with Crippen molar-refractivity contribution in [2.75, 3.05) is 12.9 Å². The highest BCUT2D eigenvalue weighted by Gasteiger charge is 2.21. The molecule has 6 heteroatoms. The Morgan fingerprint density at radius 3 is 2.90 bits per heavy atom. The second-order valence-electron chi connectivity index (χ2n) is 5.33. The predicted molar refractivity (Wildman–Crippen MR) is 77.3 cm³/mol. The molecule has 1 aliphatic rings. The van der Waals surface area contributed by atoms with Gasteiger partial charge in [0.05, 0.1) is 23.7 Å². The van der Waals surface area contributed by atoms with Crippen molar-refractivity contribution in [1.82, 2.24) is 9.55 Å². The molecule has 1 atom stereocenters. The zero-order valence-corrected chi connectivity index (χ0v) is 12.3. The molecule has 0 aliphatic carbocycles. The molecule has 0 spiro atoms. The van der Waals surface area contributed by atoms with Crippen LogP contribution in [0.5, 0.6) is 0 Å². The molecule has 0 saturated carbocycles. The van der Waals surface area contributed by atoms with Crippen LogP contribution in [-0.4, -0.2) is 36.9 Å². The number of ether oxygens (including phenoxy) is 1. The highest BCUT2D eigenvalue weighted by atomic mass is 32.2. The van der Waals surface area contributed by atoms with Gasteiger partial charge in [-0.05, 0) is 25.0 Å². The first kappa shape index (κ1) is 13.6. The van der Waals surface area contributed by atoms with Crippen molar-refractivity contribution in [2.45, 2.75) is 31.2 Å². The van der Waals surface area contributed by atoms with E-state index in [2.05, 4.69) is 4.98 Å². The first-order chi connectivity index (χ1) is 9.53. The van der Waals surface area contributed by atoms with Gasteiger partial charge >= 0.3 is 0 Å². The van der Waals surface area contributed by atoms with Gasteiger partial charge in [-0.25, -0.2) is 13.4 Å². The molecule has 1 unspecified atom stereocenters. The average Bonchev–Trinajstić information content (AvgIpc) is 2.97. The van der Waals surface area contributed by atoms with Crippen LogP contribution >= 0.6 is 0 Å². The van der Waals surface area contributed by atoms with Gasteiger partial charge in [-0.1, -0.05) is 12.1 Å². The standard InChI is InChI=1S/C14H18N2O3S/c1-20(17,18)10-14-15-12-6-2-3-7-13(12)16(14)9-11-5-4-8-19-11/h2-3,6-7,11H,4-5,8-10H2,1H3. The second-order valence-corrected chi connectivity index (χ2v) is 7.47. The van der Waals surface area contributed by atoms with E-state index >= 15 is 0 Å². The minimum Gasteiger partial charge on any atom is -0.376 e. The van der Waals surface area contributed by atoms with Crippen LogP contribution in [-0.2, 0) is 26.9 Å². The lowest BCUT2D eigenvalue weighted by molar-refractivity contribution is 0.0973. The lowest BCUT2D eigenvalue weighted by Crippen LogP contribution is -2.18. The van der Waals surface area contributed by atoms with Crippen LogP contribution in [0.3, 0.4) is 0 Å². The minimum absolute atomic E-state index is 0.0333. The Bertz CT molecular complexity index is 715. The summed E-state index contributed by atoms with van der Waals surface area (Å²) >= 11 is 0. The summed E-state index contributed by atoms with van der Waals surface area (Å²) in [5.41, 5.74) is 1.81. The van der Waals surface area contributed by atoms with Gasteiger partial charge in [0.15, 0.2) is 9.84 Å². The van der Waals surface area contributed by atoms with Crippen LogP contribution < -0.4 is 0 Å². The molecule has 0 amide bonds. The first-order valence-corrected chi connectivity index (χ1v) is 8.82. The number of imidazole rings is 1. The maximum absolute atomic E-state index is 11.6. The van der Waals surface area contributed by atoms with E-state index in [1.807, 2.05) is 28.8 Å². The fourth-order valence-corrected chi connectivity index (χ4v) is 3.36. The van der Waals surface area contributed by atoms with E-state index in [1.165, 1.54) is 6.26 Å². The molecule has 1 fully saturated rings. The summed E-state index contributed by atoms with van der Waals surface area (Å²) in [5.74, 6) is 0.568. The first-order valence-electron chi connectivity index (χ1n) is 6.76. The number of aromatic nitrogens is 2. The van der Waals surface area contributed by atoms with Gasteiger partial charge in [0.1, 0.15) is 11.6 Å². The highest BCUT2D eigenvalue weighted by Crippen LogP contribution is 2.21. The molecule has 20 heavy (non-hydrogen) atoms. The van der Waals surface area contributed by atoms with Crippen LogP contribution in [0.4, 0.5) is 0 Å². The Hall–Kier alpha value is -1.40. The molecule has 1 aromatic heterocycles. The molecule has 0 bridgehead atoms. The highest BCUT2D eigenvalue weighted by molar-refractivity contribution is 7.89. The summed E-state index contributed by atoms with van der Waals surface area (Å²) in [6, 6.07) is 7.74. The summed E-state index contributed by atoms with van der Waals surface area (Å²) in [7, 11) is -3.11. The third-order valence-electron chi connectivity index (χ3n) is 3.54. The Balaban J connectivity index is 2.02. The molecule has 5 nitrogen and oxygen atoms in total. The maximum atomic E-state index is 11.6. The predicted octanol–water partition coefficient (Wildman–Crippen LogP) is 1.76. The number of benzene rings is 1. The van der Waals surface area contributed by atoms with Crippen molar-refractivity contribution in [3.63, 3.8) is 0 Å². The van der Waals surface area contributed by atoms with Gasteiger partial charge in [0.2, 0.25) is 0 Å². The van der Waals surface area contributed by atoms with Gasteiger partial charge in [0, 0.05) is 12.9 Å². The van der Waals surface area contributed by atoms with Gasteiger partial charge < -0.3 is 9.30 Å². The van der Waals surface area contributed by atoms with Crippen molar-refractivity contribution in [3.05, 3.63) is 30.1 Å². The summed E-state index contributed by atoms with van der Waals surface area (Å²) in [5, 5.41) is 0. The Morgan fingerprint density at radius 2 is 2.20 bits per heavy atom. The van der Waals surface area contributed by atoms with E-state index in [-0.39, 0.29) is 11.9 Å². The molecule has 1 saturated heterocycles. The lowest BCUT2D eigenvalue weighted by Gasteiger charge is -2.13. The largest absolute Gasteiger partial charge is 0.376 e. The van der Waals surface area contributed by atoms with Crippen LogP contribution in [0.15, 0.2) is 24.3 Å². The number of sulfone groups is 1. The summed E-state index contributed by atoms with van der Waals surface area (Å²) in [6.45, 7) is 1.46. The maximum Gasteiger partial charge on any atom is 0.154 e. The number of fused-ring (bicyclic) bond motifs is 1. The summed E-state index contributed by atoms with van der Waals surface area (Å²) in [4.78, 5) is 4.47. The van der Waals surface area contributed by atoms with E-state index < -0.39 is 9.84 Å². The van der Waals surface area contributed by atoms with Crippen LogP contribution in [0.25, 0.3) is 11.0 Å². The quantitative estimate of drug-likeness (QED) is 0.862. The number of hydrogen-bond donors (Lipinski definition) is 0. The van der Waals surface area contributed by atoms with E-state index in [4.69, 9.17) is 4.74 Å². The normalized spacial score (nSPS) is 19.8. The average molecular weight is 294 g/mol. The molecular weight excluding hydrogens is 276 g/mol. The van der Waals surface area contributed by atoms with E-state index in [1.54, 1.807) is 0 Å². The van der Waals surface area contributed by atoms with Crippen molar-refractivity contribution in [3.8, 4) is 0 Å². The Morgan fingerprint density at radius 1 is 1.40 bits per heavy atom. The molecule has 108 valence electrons. The smallest absolute Gasteiger partial charge is 0.154 e. The van der Waals surface area contributed by atoms with Crippen LogP contribution in [0.2, 0.25) is 0 Å². The van der Waals surface area contributed by atoms with Crippen molar-refractivity contribution >= 4 is 20.9 Å². The lowest BCUT2D eigenvalue weighted by atomic mass is 10.2. The van der Waals surface area contributed by atoms with E-state index in [9.17, 15) is 8.42 Å². The summed E-state index contributed by atoms with van der Waals surface area (Å²) in [6.07, 6.45) is 3.48. The third-order valence-corrected chi connectivity index (χ3v) is 4.32. The molecule has 1 aliphatic heterocycles. The van der Waals surface area contributed by atoms with Crippen molar-refractivity contribution in [2.24, 2.45) is 0 Å². The number of rotatable bonds is 4. The zero-order chi connectivity index (χ0) is 14.2. The molecule has 3 rings (SSSR count).